The standard InChI is InChI=1S/C38H45N3O4S/c1-7-31(6)39-38(43)36(24-32-14-9-8-10-15-32)40(25-33-16-12-11-13-30(33)5)37(42)26-41(34-22-28(3)21-29(4)23-34)46(44,45)35-19-17-27(2)18-20-35/h8-23,31,36H,7,24-26H2,1-6H3,(H,39,43)/t31-,36+/m0/s1. The molecule has 7 nitrogen and oxygen atoms in total. The second-order valence-electron chi connectivity index (χ2n) is 12.1. The highest BCUT2D eigenvalue weighted by atomic mass is 32.2. The lowest BCUT2D eigenvalue weighted by Gasteiger charge is -2.34. The van der Waals surface area contributed by atoms with Crippen LogP contribution in [0.25, 0.3) is 0 Å². The molecule has 0 heterocycles. The molecule has 1 N–H and O–H groups in total. The van der Waals surface area contributed by atoms with E-state index in [4.69, 9.17) is 0 Å². The van der Waals surface area contributed by atoms with E-state index in [-0.39, 0.29) is 29.8 Å². The molecule has 0 saturated heterocycles. The fourth-order valence-electron chi connectivity index (χ4n) is 5.43. The number of aryl methyl sites for hydroxylation is 4. The summed E-state index contributed by atoms with van der Waals surface area (Å²) in [5, 5.41) is 3.08. The van der Waals surface area contributed by atoms with Crippen molar-refractivity contribution < 1.29 is 18.0 Å². The van der Waals surface area contributed by atoms with Gasteiger partial charge in [0.15, 0.2) is 0 Å². The van der Waals surface area contributed by atoms with Gasteiger partial charge in [0.05, 0.1) is 10.6 Å². The van der Waals surface area contributed by atoms with Gasteiger partial charge in [-0.1, -0.05) is 85.3 Å². The van der Waals surface area contributed by atoms with Crippen LogP contribution in [0.5, 0.6) is 0 Å². The van der Waals surface area contributed by atoms with Gasteiger partial charge in [0.1, 0.15) is 12.6 Å². The van der Waals surface area contributed by atoms with E-state index in [9.17, 15) is 18.0 Å². The number of anilines is 1. The molecular formula is C38H45N3O4S. The van der Waals surface area contributed by atoms with Crippen molar-refractivity contribution in [3.63, 3.8) is 0 Å². The number of nitrogens with one attached hydrogen (secondary N) is 1. The summed E-state index contributed by atoms with van der Waals surface area (Å²) in [6.07, 6.45) is 1.000. The largest absolute Gasteiger partial charge is 0.352 e. The lowest BCUT2D eigenvalue weighted by Crippen LogP contribution is -2.54. The predicted octanol–water partition coefficient (Wildman–Crippen LogP) is 6.67. The van der Waals surface area contributed by atoms with Crippen LogP contribution in [0.4, 0.5) is 5.69 Å². The Morgan fingerprint density at radius 3 is 2.00 bits per heavy atom. The number of hydrogen-bond acceptors (Lipinski definition) is 4. The number of benzene rings is 4. The van der Waals surface area contributed by atoms with Crippen molar-refractivity contribution in [2.24, 2.45) is 0 Å². The monoisotopic (exact) mass is 639 g/mol. The van der Waals surface area contributed by atoms with Gasteiger partial charge in [0.2, 0.25) is 11.8 Å². The molecule has 0 aliphatic heterocycles. The van der Waals surface area contributed by atoms with Crippen LogP contribution < -0.4 is 9.62 Å². The Balaban J connectivity index is 1.84. The summed E-state index contributed by atoms with van der Waals surface area (Å²) in [6.45, 7) is 11.2. The highest BCUT2D eigenvalue weighted by Crippen LogP contribution is 2.27. The molecule has 242 valence electrons. The number of carbonyl (C=O) groups is 2. The van der Waals surface area contributed by atoms with Crippen LogP contribution in [-0.4, -0.2) is 43.8 Å². The van der Waals surface area contributed by atoms with Crippen LogP contribution >= 0.6 is 0 Å². The Morgan fingerprint density at radius 1 is 0.783 bits per heavy atom. The van der Waals surface area contributed by atoms with Crippen molar-refractivity contribution in [3.05, 3.63) is 130 Å². The first-order valence-electron chi connectivity index (χ1n) is 15.7. The molecule has 0 aliphatic rings. The van der Waals surface area contributed by atoms with E-state index in [0.717, 1.165) is 39.8 Å². The van der Waals surface area contributed by atoms with Crippen LogP contribution in [0, 0.1) is 27.7 Å². The van der Waals surface area contributed by atoms with Crippen molar-refractivity contribution in [1.29, 1.82) is 0 Å². The quantitative estimate of drug-likeness (QED) is 0.177. The van der Waals surface area contributed by atoms with E-state index in [0.29, 0.717) is 5.69 Å². The molecule has 0 unspecified atom stereocenters. The summed E-state index contributed by atoms with van der Waals surface area (Å²) >= 11 is 0. The first kappa shape index (κ1) is 34.4. The normalized spacial score (nSPS) is 12.7. The number of hydrogen-bond donors (Lipinski definition) is 1. The number of carbonyl (C=O) groups excluding carboxylic acids is 2. The lowest BCUT2D eigenvalue weighted by atomic mass is 10.0. The zero-order chi connectivity index (χ0) is 33.4. The Kier molecular flexibility index (Phi) is 11.4. The first-order chi connectivity index (χ1) is 21.9. The minimum atomic E-state index is -4.16. The number of nitrogens with zero attached hydrogens (tertiary/aromatic N) is 2. The van der Waals surface area contributed by atoms with Crippen LogP contribution in [0.15, 0.2) is 102 Å². The topological polar surface area (TPSA) is 86.8 Å². The van der Waals surface area contributed by atoms with Crippen molar-refractivity contribution in [3.8, 4) is 0 Å². The molecule has 0 aliphatic carbocycles. The molecule has 4 rings (SSSR count). The zero-order valence-corrected chi connectivity index (χ0v) is 28.5. The molecule has 0 spiro atoms. The van der Waals surface area contributed by atoms with E-state index in [1.54, 1.807) is 41.3 Å². The minimum Gasteiger partial charge on any atom is -0.352 e. The van der Waals surface area contributed by atoms with Crippen molar-refractivity contribution >= 4 is 27.5 Å². The fraction of sp³-hybridized carbons (Fsp3) is 0.316. The van der Waals surface area contributed by atoms with Gasteiger partial charge < -0.3 is 10.2 Å². The van der Waals surface area contributed by atoms with Crippen molar-refractivity contribution in [2.75, 3.05) is 10.8 Å². The summed E-state index contributed by atoms with van der Waals surface area (Å²) in [5.41, 5.74) is 5.81. The van der Waals surface area contributed by atoms with E-state index in [1.807, 2.05) is 102 Å². The maximum Gasteiger partial charge on any atom is 0.264 e. The lowest BCUT2D eigenvalue weighted by molar-refractivity contribution is -0.140. The fourth-order valence-corrected chi connectivity index (χ4v) is 6.82. The highest BCUT2D eigenvalue weighted by Gasteiger charge is 2.35. The molecule has 0 bridgehead atoms. The molecule has 8 heteroatoms. The molecule has 0 aromatic heterocycles. The maximum absolute atomic E-state index is 14.7. The van der Waals surface area contributed by atoms with Gasteiger partial charge in [-0.2, -0.15) is 0 Å². The molecule has 0 radical (unpaired) electrons. The van der Waals surface area contributed by atoms with Gasteiger partial charge in [-0.3, -0.25) is 13.9 Å². The van der Waals surface area contributed by atoms with Crippen LogP contribution in [0.3, 0.4) is 0 Å². The van der Waals surface area contributed by atoms with Gasteiger partial charge in [0, 0.05) is 19.0 Å². The number of rotatable bonds is 13. The second-order valence-corrected chi connectivity index (χ2v) is 14.0. The molecule has 0 saturated carbocycles. The van der Waals surface area contributed by atoms with Gasteiger partial charge in [-0.05, 0) is 93.1 Å². The average Bonchev–Trinajstić information content (AvgIpc) is 3.02. The van der Waals surface area contributed by atoms with E-state index in [1.165, 1.54) is 4.31 Å². The van der Waals surface area contributed by atoms with Crippen molar-refractivity contribution in [2.45, 2.75) is 77.9 Å². The second kappa shape index (κ2) is 15.2. The molecule has 2 atom stereocenters. The zero-order valence-electron chi connectivity index (χ0n) is 27.7. The maximum atomic E-state index is 14.7. The molecule has 4 aromatic carbocycles. The SMILES string of the molecule is CC[C@H](C)NC(=O)[C@@H](Cc1ccccc1)N(Cc1ccccc1C)C(=O)CN(c1cc(C)cc(C)c1)S(=O)(=O)c1ccc(C)cc1. The van der Waals surface area contributed by atoms with E-state index < -0.39 is 28.5 Å². The number of sulfonamides is 1. The summed E-state index contributed by atoms with van der Waals surface area (Å²) in [7, 11) is -4.16. The summed E-state index contributed by atoms with van der Waals surface area (Å²) in [4.78, 5) is 30.3. The Morgan fingerprint density at radius 2 is 1.39 bits per heavy atom. The third-order valence-electron chi connectivity index (χ3n) is 8.26. The van der Waals surface area contributed by atoms with E-state index in [2.05, 4.69) is 5.32 Å². The Labute approximate surface area is 274 Å². The van der Waals surface area contributed by atoms with Crippen LogP contribution in [0.1, 0.15) is 53.6 Å². The third kappa shape index (κ3) is 8.63. The molecular weight excluding hydrogens is 595 g/mol. The minimum absolute atomic E-state index is 0.0888. The summed E-state index contributed by atoms with van der Waals surface area (Å²) in [6, 6.07) is 28.5. The predicted molar refractivity (Wildman–Crippen MR) is 185 cm³/mol. The summed E-state index contributed by atoms with van der Waals surface area (Å²) in [5.74, 6) is -0.752. The molecule has 46 heavy (non-hydrogen) atoms. The van der Waals surface area contributed by atoms with Gasteiger partial charge >= 0.3 is 0 Å². The smallest absolute Gasteiger partial charge is 0.264 e. The number of amides is 2. The molecule has 4 aromatic rings. The van der Waals surface area contributed by atoms with Gasteiger partial charge in [-0.25, -0.2) is 8.42 Å². The van der Waals surface area contributed by atoms with Crippen molar-refractivity contribution in [1.82, 2.24) is 10.2 Å². The Hall–Kier alpha value is -4.43. The molecule has 2 amide bonds. The van der Waals surface area contributed by atoms with Crippen LogP contribution in [-0.2, 0) is 32.6 Å². The molecule has 0 fully saturated rings. The van der Waals surface area contributed by atoms with Gasteiger partial charge in [-0.15, -0.1) is 0 Å². The third-order valence-corrected chi connectivity index (χ3v) is 10.0. The van der Waals surface area contributed by atoms with Gasteiger partial charge in [0.25, 0.3) is 10.0 Å². The Bertz CT molecular complexity index is 1730. The first-order valence-corrected chi connectivity index (χ1v) is 17.2. The summed E-state index contributed by atoms with van der Waals surface area (Å²) < 4.78 is 29.8. The van der Waals surface area contributed by atoms with E-state index >= 15 is 0 Å². The van der Waals surface area contributed by atoms with Crippen LogP contribution in [0.2, 0.25) is 0 Å². The average molecular weight is 640 g/mol. The highest BCUT2D eigenvalue weighted by molar-refractivity contribution is 7.92.